The van der Waals surface area contributed by atoms with Gasteiger partial charge in [-0.3, -0.25) is 9.59 Å². The van der Waals surface area contributed by atoms with Crippen LogP contribution in [0.5, 0.6) is 0 Å². The Hall–Kier alpha value is -5.36. The second-order valence-corrected chi connectivity index (χ2v) is 40.7. The highest BCUT2D eigenvalue weighted by Gasteiger charge is 2.34. The van der Waals surface area contributed by atoms with Crippen LogP contribution in [0.25, 0.3) is 0 Å². The molecule has 6 aliphatic rings. The molecule has 0 N–H and O–H groups in total. The number of piperidine rings is 1. The lowest BCUT2D eigenvalue weighted by atomic mass is 9.91. The second kappa shape index (κ2) is 47.0. The highest BCUT2D eigenvalue weighted by Crippen LogP contribution is 2.44. The Bertz CT molecular complexity index is 3080. The molecule has 8 heterocycles. The summed E-state index contributed by atoms with van der Waals surface area (Å²) in [5, 5.41) is 31.3. The molecule has 5 aliphatic heterocycles. The van der Waals surface area contributed by atoms with Crippen LogP contribution in [0.1, 0.15) is 300 Å². The third-order valence-electron chi connectivity index (χ3n) is 17.0. The van der Waals surface area contributed by atoms with E-state index in [0.29, 0.717) is 35.9 Å². The summed E-state index contributed by atoms with van der Waals surface area (Å²) in [6, 6.07) is 0.725. The van der Waals surface area contributed by atoms with E-state index in [1.807, 2.05) is 120 Å². The molecule has 4 amide bonds. The number of ether oxygens (including phenoxy) is 7. The van der Waals surface area contributed by atoms with E-state index in [1.54, 1.807) is 55.2 Å². The van der Waals surface area contributed by atoms with Crippen molar-refractivity contribution in [2.24, 2.45) is 28.7 Å². The normalized spacial score (nSPS) is 17.5. The smallest absolute Gasteiger partial charge is 0.363 e. The molecule has 9 rings (SSSR count). The zero-order valence-corrected chi connectivity index (χ0v) is 78.6. The van der Waals surface area contributed by atoms with Gasteiger partial charge >= 0.3 is 11.7 Å². The van der Waals surface area contributed by atoms with E-state index < -0.39 is 0 Å². The van der Waals surface area contributed by atoms with Gasteiger partial charge in [-0.15, -0.1) is 10.2 Å². The van der Waals surface area contributed by atoms with Crippen molar-refractivity contribution in [1.82, 2.24) is 74.4 Å². The number of aromatic nitrogens is 10. The molecular weight excluding hydrogens is 1410 g/mol. The lowest BCUT2D eigenvalue weighted by molar-refractivity contribution is -0.176. The number of likely N-dealkylation sites (tertiary alicyclic amines) is 1. The first-order chi connectivity index (χ1) is 49.9. The highest BCUT2D eigenvalue weighted by atomic mass is 16.6. The van der Waals surface area contributed by atoms with Crippen molar-refractivity contribution < 1.29 is 47.5 Å². The minimum Gasteiger partial charge on any atom is -0.381 e. The first-order valence-electron chi connectivity index (χ1n) is 40.2. The van der Waals surface area contributed by atoms with Gasteiger partial charge in [-0.25, -0.2) is 24.0 Å². The van der Waals surface area contributed by atoms with Gasteiger partial charge in [0.05, 0.1) is 101 Å². The minimum atomic E-state index is -0.286. The molecule has 1 saturated carbocycles. The molecule has 28 heteroatoms. The van der Waals surface area contributed by atoms with Crippen LogP contribution >= 0.6 is 0 Å². The summed E-state index contributed by atoms with van der Waals surface area (Å²) < 4.78 is 44.7. The maximum absolute atomic E-state index is 11.3. The molecule has 0 aromatic carbocycles. The number of nitrogens with zero attached hydrogens (tertiary/aromatic N) is 17. The van der Waals surface area contributed by atoms with E-state index >= 15 is 0 Å². The van der Waals surface area contributed by atoms with Crippen molar-refractivity contribution in [2.75, 3.05) is 87.5 Å². The van der Waals surface area contributed by atoms with Crippen LogP contribution in [0.15, 0.2) is 33.7 Å². The molecule has 3 aromatic rings. The fraction of sp³-hybridized carbons (Fsp3) is 0.904. The van der Waals surface area contributed by atoms with Crippen LogP contribution in [0.2, 0.25) is 0 Å². The number of urea groups is 1. The second-order valence-electron chi connectivity index (χ2n) is 40.7. The Morgan fingerprint density at radius 1 is 0.495 bits per heavy atom. The van der Waals surface area contributed by atoms with Gasteiger partial charge in [0.25, 0.3) is 5.91 Å². The van der Waals surface area contributed by atoms with Crippen molar-refractivity contribution >= 4 is 17.8 Å². The summed E-state index contributed by atoms with van der Waals surface area (Å²) in [5.41, 5.74) is 1.01. The lowest BCUT2D eigenvalue weighted by Crippen LogP contribution is -2.47. The van der Waals surface area contributed by atoms with Crippen molar-refractivity contribution in [2.45, 2.75) is 387 Å². The maximum Gasteiger partial charge on any atom is 0.363 e. The van der Waals surface area contributed by atoms with Gasteiger partial charge in [-0.05, 0) is 295 Å². The Morgan fingerprint density at radius 3 is 1.13 bits per heavy atom. The molecule has 3 aromatic heterocycles. The standard InChI is InChI=1S/C12H25NO.C9H18O2.C8H18N2O.C8H16O2.C7H13N3.C7H15NO.C7H14O2.C7H14.C6H12N4O.C6H11N3O.C6H11N3/c1-10(2)13-8-6-11(7-9-13)14-12(3,4)5;1-9(2,3)11-8-4-6-10-7-5-8;1-8(2,3)10(6)7(11)9(4)5;1-8(2,3)10-7-4-5-9-6-7;1-6-5-8-9-10(6)7(2,3)4;1-6(9)8(5)7(2,3)4;1-7(2,3)9-6-4-8-5-6;1-7(2,3)6-4-5-6;1-6(2,3)10-5(11)9(4)7-8-10;1-6(2,3)9-5(10)4-7-8-9;1-6(2,3)9-5-4-7-8-9/h10-11H,6-9H2,1-5H3;8H,4-7H2,1-3H3;1-6H3;7H,4-6H2,1-3H3;5H,1-4H3;1-5H3;6H,4-5H2,1-3H3;6H,4-5H2,1-3H3;1-4H3;4H2,1-3H3;4-5H,1-3H3. The van der Waals surface area contributed by atoms with Gasteiger partial charge in [-0.2, -0.15) is 14.5 Å². The third kappa shape index (κ3) is 51.3. The Morgan fingerprint density at radius 2 is 0.919 bits per heavy atom. The number of tetrazole rings is 1. The SMILES string of the molecule is CC(=O)N(C)C(C)(C)C.CC(C)(C)C1CC1.CC(C)(C)N1N=NCC1=O.CC(C)(C)OC1CCOC1.CC(C)(C)OC1CCOCC1.CC(C)(C)OC1COC1.CC(C)(C)n1ccnn1.CC(C)N1CCC(OC(C)(C)C)CC1.CN(C)C(=O)N(C)C(C)(C)C.Cc1cnnn1C(C)(C)C.Cn1nnn(C(C)(C)C)c1=O. The predicted molar refractivity (Wildman–Crippen MR) is 449 cm³/mol. The minimum absolute atomic E-state index is 0.00199. The van der Waals surface area contributed by atoms with Gasteiger partial charge in [-0.1, -0.05) is 36.4 Å². The monoisotopic (exact) mass is 1580 g/mol. The summed E-state index contributed by atoms with van der Waals surface area (Å²) in [5.74, 6) is 1.14. The van der Waals surface area contributed by atoms with E-state index in [-0.39, 0.29) is 85.7 Å². The Kier molecular flexibility index (Phi) is 45.6. The summed E-state index contributed by atoms with van der Waals surface area (Å²) >= 11 is 0. The van der Waals surface area contributed by atoms with E-state index in [0.717, 1.165) is 70.5 Å². The third-order valence-corrected chi connectivity index (χ3v) is 17.0. The highest BCUT2D eigenvalue weighted by molar-refractivity contribution is 5.79. The number of amides is 4. The zero-order chi connectivity index (χ0) is 87.1. The lowest BCUT2D eigenvalue weighted by Gasteiger charge is -2.37. The first kappa shape index (κ1) is 108. The topological polar surface area (TPSA) is 271 Å². The van der Waals surface area contributed by atoms with Gasteiger partial charge < -0.3 is 52.8 Å². The molecule has 28 nitrogen and oxygen atoms in total. The molecule has 1 atom stereocenters. The van der Waals surface area contributed by atoms with Crippen molar-refractivity contribution in [1.29, 1.82) is 0 Å². The van der Waals surface area contributed by atoms with Crippen LogP contribution in [-0.4, -0.2) is 249 Å². The number of hydrogen-bond acceptors (Lipinski definition) is 20. The van der Waals surface area contributed by atoms with Gasteiger partial charge in [0.1, 0.15) is 12.6 Å². The van der Waals surface area contributed by atoms with Crippen LogP contribution < -0.4 is 5.69 Å². The number of rotatable bonds is 5. The van der Waals surface area contributed by atoms with Crippen LogP contribution in [0.3, 0.4) is 0 Å². The van der Waals surface area contributed by atoms with E-state index in [9.17, 15) is 19.2 Å². The summed E-state index contributed by atoms with van der Waals surface area (Å²) in [7, 11) is 8.71. The van der Waals surface area contributed by atoms with Crippen molar-refractivity contribution in [3.05, 3.63) is 34.8 Å². The average molecular weight is 1580 g/mol. The van der Waals surface area contributed by atoms with Gasteiger partial charge in [0.2, 0.25) is 5.91 Å². The Balaban J connectivity index is 0. The van der Waals surface area contributed by atoms with Crippen molar-refractivity contribution in [3.63, 3.8) is 0 Å². The number of carbonyl (C=O) groups excluding carboxylic acids is 3. The molecular formula is C83H167N17O11. The van der Waals surface area contributed by atoms with E-state index in [2.05, 4.69) is 206 Å². The molecule has 0 spiro atoms. The summed E-state index contributed by atoms with van der Waals surface area (Å²) in [4.78, 5) is 51.8. The molecule has 0 radical (unpaired) electrons. The molecule has 650 valence electrons. The van der Waals surface area contributed by atoms with E-state index in [1.165, 1.54) is 53.1 Å². The van der Waals surface area contributed by atoms with Gasteiger partial charge in [0, 0.05) is 98.4 Å². The van der Waals surface area contributed by atoms with Crippen molar-refractivity contribution in [3.8, 4) is 0 Å². The Labute approximate surface area is 674 Å². The zero-order valence-electron chi connectivity index (χ0n) is 78.6. The maximum atomic E-state index is 11.3. The quantitative estimate of drug-likeness (QED) is 0.230. The fourth-order valence-electron chi connectivity index (χ4n) is 10.2. The van der Waals surface area contributed by atoms with Crippen LogP contribution in [-0.2, 0) is 66.4 Å². The van der Waals surface area contributed by atoms with E-state index in [4.69, 9.17) is 33.2 Å². The fourth-order valence-corrected chi connectivity index (χ4v) is 10.2. The molecule has 1 unspecified atom stereocenters. The molecule has 5 fully saturated rings. The average Bonchev–Trinajstić information content (AvgIpc) is 1.72. The van der Waals surface area contributed by atoms with Crippen LogP contribution in [0, 0.1) is 18.3 Å². The molecule has 1 aliphatic carbocycles. The molecule has 4 saturated heterocycles. The largest absolute Gasteiger partial charge is 0.381 e. The molecule has 111 heavy (non-hydrogen) atoms. The summed E-state index contributed by atoms with van der Waals surface area (Å²) in [6.07, 6.45) is 15.4. The first-order valence-corrected chi connectivity index (χ1v) is 40.2. The predicted octanol–water partition coefficient (Wildman–Crippen LogP) is 15.7. The number of carbonyl (C=O) groups is 3. The number of aryl methyl sites for hydroxylation is 2. The number of hydrogen-bond donors (Lipinski definition) is 0. The molecule has 0 bridgehead atoms. The van der Waals surface area contributed by atoms with Crippen LogP contribution in [0.4, 0.5) is 4.79 Å². The van der Waals surface area contributed by atoms with Gasteiger partial charge in [0.15, 0.2) is 0 Å². The summed E-state index contributed by atoms with van der Waals surface area (Å²) in [6.45, 7) is 83.8.